The van der Waals surface area contributed by atoms with Gasteiger partial charge in [0, 0.05) is 13.5 Å². The Kier molecular flexibility index (Phi) is 3.59. The van der Waals surface area contributed by atoms with Gasteiger partial charge in [-0.1, -0.05) is 0 Å². The van der Waals surface area contributed by atoms with Crippen LogP contribution in [-0.4, -0.2) is 31.1 Å². The van der Waals surface area contributed by atoms with Crippen molar-refractivity contribution in [2.45, 2.75) is 38.3 Å². The number of piperidine rings is 1. The van der Waals surface area contributed by atoms with Gasteiger partial charge < -0.3 is 10.1 Å². The third kappa shape index (κ3) is 3.26. The van der Waals surface area contributed by atoms with Crippen molar-refractivity contribution < 1.29 is 18.3 Å². The number of nitrogens with one attached hydrogen (secondary N) is 1. The summed E-state index contributed by atoms with van der Waals surface area (Å²) in [6.45, 7) is 1.65. The van der Waals surface area contributed by atoms with E-state index >= 15 is 0 Å². The minimum atomic E-state index is -2.33. The molecule has 1 aliphatic rings. The molecule has 1 fully saturated rings. The fourth-order valence-corrected chi connectivity index (χ4v) is 1.40. The Bertz CT molecular complexity index is 179. The fourth-order valence-electron chi connectivity index (χ4n) is 1.40. The Hall–Kier alpha value is -0.710. The Morgan fingerprint density at radius 3 is 2.62 bits per heavy atom. The molecule has 1 N–H and O–H groups in total. The van der Waals surface area contributed by atoms with Crippen molar-refractivity contribution in [2.24, 2.45) is 0 Å². The van der Waals surface area contributed by atoms with Gasteiger partial charge >= 0.3 is 5.97 Å². The normalized spacial score (nSPS) is 28.9. The highest BCUT2D eigenvalue weighted by atomic mass is 19.3. The number of alkyl halides is 2. The molecule has 1 aliphatic heterocycles. The van der Waals surface area contributed by atoms with Crippen LogP contribution in [0.15, 0.2) is 0 Å². The lowest BCUT2D eigenvalue weighted by Gasteiger charge is -2.28. The summed E-state index contributed by atoms with van der Waals surface area (Å²) in [6.07, 6.45) is -1.71. The molecule has 1 rings (SSSR count). The minimum absolute atomic E-state index is 0.243. The summed E-state index contributed by atoms with van der Waals surface area (Å²) in [4.78, 5) is 10.5. The average Bonchev–Trinajstić information content (AvgIpc) is 2.04. The number of carbonyl (C=O) groups excluding carboxylic acids is 1. The van der Waals surface area contributed by atoms with Gasteiger partial charge in [-0.05, 0) is 12.8 Å². The van der Waals surface area contributed by atoms with Crippen LogP contribution in [-0.2, 0) is 9.53 Å². The van der Waals surface area contributed by atoms with E-state index in [0.717, 1.165) is 0 Å². The zero-order valence-electron chi connectivity index (χ0n) is 7.43. The van der Waals surface area contributed by atoms with E-state index in [9.17, 15) is 13.6 Å². The quantitative estimate of drug-likeness (QED) is 0.663. The van der Waals surface area contributed by atoms with Crippen LogP contribution in [0.25, 0.3) is 0 Å². The second-order valence-corrected chi connectivity index (χ2v) is 3.16. The Morgan fingerprint density at radius 1 is 1.54 bits per heavy atom. The van der Waals surface area contributed by atoms with Gasteiger partial charge in [0.25, 0.3) is 6.43 Å². The molecule has 13 heavy (non-hydrogen) atoms. The molecule has 5 heteroatoms. The number of ether oxygens (including phenoxy) is 1. The Morgan fingerprint density at radius 2 is 2.23 bits per heavy atom. The van der Waals surface area contributed by atoms with Gasteiger partial charge in [0.1, 0.15) is 6.10 Å². The predicted octanol–water partition coefficient (Wildman–Crippen LogP) is 0.935. The molecule has 0 aromatic rings. The van der Waals surface area contributed by atoms with Gasteiger partial charge in [0.05, 0.1) is 6.04 Å². The summed E-state index contributed by atoms with van der Waals surface area (Å²) in [5.74, 6) is -0.359. The molecule has 1 saturated heterocycles. The molecular formula is C8H13F2NO2. The maximum atomic E-state index is 12.1. The maximum Gasteiger partial charge on any atom is 0.302 e. The van der Waals surface area contributed by atoms with E-state index in [4.69, 9.17) is 4.74 Å². The number of hydrogen-bond acceptors (Lipinski definition) is 3. The molecule has 2 atom stereocenters. The van der Waals surface area contributed by atoms with Crippen LogP contribution >= 0.6 is 0 Å². The highest BCUT2D eigenvalue weighted by Gasteiger charge is 2.27. The maximum absolute atomic E-state index is 12.1. The molecule has 0 bridgehead atoms. The third-order valence-corrected chi connectivity index (χ3v) is 2.04. The Balaban J connectivity index is 2.26. The van der Waals surface area contributed by atoms with Crippen molar-refractivity contribution in [3.63, 3.8) is 0 Å². The van der Waals surface area contributed by atoms with Gasteiger partial charge in [0.15, 0.2) is 0 Å². The second kappa shape index (κ2) is 4.50. The molecule has 0 saturated carbocycles. The number of halogens is 2. The molecule has 0 spiro atoms. The van der Waals surface area contributed by atoms with Crippen LogP contribution in [0, 0.1) is 0 Å². The van der Waals surface area contributed by atoms with E-state index in [1.807, 2.05) is 0 Å². The molecule has 1 heterocycles. The van der Waals surface area contributed by atoms with Gasteiger partial charge in [-0.2, -0.15) is 0 Å². The van der Waals surface area contributed by atoms with Crippen LogP contribution in [0.5, 0.6) is 0 Å². The number of rotatable bonds is 2. The zero-order valence-corrected chi connectivity index (χ0v) is 7.43. The van der Waals surface area contributed by atoms with Crippen molar-refractivity contribution in [1.29, 1.82) is 0 Å². The van der Waals surface area contributed by atoms with Crippen molar-refractivity contribution in [3.05, 3.63) is 0 Å². The largest absolute Gasteiger partial charge is 0.461 e. The molecular weight excluding hydrogens is 180 g/mol. The van der Waals surface area contributed by atoms with Gasteiger partial charge in [-0.25, -0.2) is 8.78 Å². The van der Waals surface area contributed by atoms with Crippen molar-refractivity contribution in [1.82, 2.24) is 5.32 Å². The molecule has 0 aromatic heterocycles. The van der Waals surface area contributed by atoms with E-state index < -0.39 is 12.5 Å². The fraction of sp³-hybridized carbons (Fsp3) is 0.875. The standard InChI is InChI=1S/C8H13F2NO2/c1-5(12)13-6-2-3-7(8(9)10)11-4-6/h6-8,11H,2-4H2,1H3. The van der Waals surface area contributed by atoms with Crippen LogP contribution in [0.3, 0.4) is 0 Å². The first-order chi connectivity index (χ1) is 6.09. The minimum Gasteiger partial charge on any atom is -0.461 e. The van der Waals surface area contributed by atoms with E-state index in [-0.39, 0.29) is 12.1 Å². The summed E-state index contributed by atoms with van der Waals surface area (Å²) in [6, 6.07) is -0.744. The summed E-state index contributed by atoms with van der Waals surface area (Å²) < 4.78 is 29.2. The highest BCUT2D eigenvalue weighted by Crippen LogP contribution is 2.16. The molecule has 0 radical (unpaired) electrons. The lowest BCUT2D eigenvalue weighted by molar-refractivity contribution is -0.147. The molecule has 0 aliphatic carbocycles. The van der Waals surface area contributed by atoms with Crippen LogP contribution in [0.4, 0.5) is 8.78 Å². The summed E-state index contributed by atoms with van der Waals surface area (Å²) >= 11 is 0. The zero-order chi connectivity index (χ0) is 9.84. The van der Waals surface area contributed by atoms with E-state index in [1.165, 1.54) is 6.92 Å². The monoisotopic (exact) mass is 193 g/mol. The number of esters is 1. The van der Waals surface area contributed by atoms with Crippen LogP contribution < -0.4 is 5.32 Å². The number of carbonyl (C=O) groups is 1. The van der Waals surface area contributed by atoms with Crippen molar-refractivity contribution in [3.8, 4) is 0 Å². The van der Waals surface area contributed by atoms with E-state index in [1.54, 1.807) is 0 Å². The van der Waals surface area contributed by atoms with Crippen molar-refractivity contribution in [2.75, 3.05) is 6.54 Å². The number of hydrogen-bond donors (Lipinski definition) is 1. The van der Waals surface area contributed by atoms with Crippen LogP contribution in [0.2, 0.25) is 0 Å². The summed E-state index contributed by atoms with van der Waals surface area (Å²) in [5, 5.41) is 2.65. The van der Waals surface area contributed by atoms with Crippen molar-refractivity contribution >= 4 is 5.97 Å². The topological polar surface area (TPSA) is 38.3 Å². The lowest BCUT2D eigenvalue weighted by atomic mass is 10.0. The SMILES string of the molecule is CC(=O)OC1CCC(C(F)F)NC1. The van der Waals surface area contributed by atoms with Gasteiger partial charge in [0.2, 0.25) is 0 Å². The van der Waals surface area contributed by atoms with Gasteiger partial charge in [-0.3, -0.25) is 4.79 Å². The molecule has 0 amide bonds. The summed E-state index contributed by atoms with van der Waals surface area (Å²) in [5.41, 5.74) is 0. The first-order valence-corrected chi connectivity index (χ1v) is 4.28. The second-order valence-electron chi connectivity index (χ2n) is 3.16. The third-order valence-electron chi connectivity index (χ3n) is 2.04. The molecule has 2 unspecified atom stereocenters. The molecule has 3 nitrogen and oxygen atoms in total. The Labute approximate surface area is 75.4 Å². The lowest BCUT2D eigenvalue weighted by Crippen LogP contribution is -2.46. The predicted molar refractivity (Wildman–Crippen MR) is 42.6 cm³/mol. The molecule has 0 aromatic carbocycles. The average molecular weight is 193 g/mol. The smallest absolute Gasteiger partial charge is 0.302 e. The first kappa shape index (κ1) is 10.4. The first-order valence-electron chi connectivity index (χ1n) is 4.28. The van der Waals surface area contributed by atoms with E-state index in [0.29, 0.717) is 19.4 Å². The van der Waals surface area contributed by atoms with E-state index in [2.05, 4.69) is 5.32 Å². The molecule has 76 valence electrons. The highest BCUT2D eigenvalue weighted by molar-refractivity contribution is 5.66. The van der Waals surface area contributed by atoms with Gasteiger partial charge in [-0.15, -0.1) is 0 Å². The summed E-state index contributed by atoms with van der Waals surface area (Å²) in [7, 11) is 0. The van der Waals surface area contributed by atoms with Crippen LogP contribution in [0.1, 0.15) is 19.8 Å².